The van der Waals surface area contributed by atoms with E-state index in [-0.39, 0.29) is 6.04 Å². The molecular formula is C10H14N. The molecule has 0 saturated carbocycles. The number of hydrogen-bond acceptors (Lipinski definition) is 1. The van der Waals surface area contributed by atoms with Crippen molar-refractivity contribution in [3.05, 3.63) is 42.3 Å². The summed E-state index contributed by atoms with van der Waals surface area (Å²) in [6, 6.07) is 8.38. The van der Waals surface area contributed by atoms with Gasteiger partial charge >= 0.3 is 0 Å². The second-order valence-corrected chi connectivity index (χ2v) is 2.78. The topological polar surface area (TPSA) is 26.0 Å². The van der Waals surface area contributed by atoms with Gasteiger partial charge in [0.05, 0.1) is 0 Å². The standard InChI is InChI=1S/C10H14N/c1-3-9-5-4-6-10(7-9)8(2)11/h4-8H,1,3,11H2,2H3/t8-/m1/s1. The third kappa shape index (κ3) is 2.05. The van der Waals surface area contributed by atoms with Gasteiger partial charge in [0.25, 0.3) is 0 Å². The Balaban J connectivity index is 2.91. The molecular weight excluding hydrogens is 134 g/mol. The van der Waals surface area contributed by atoms with Crippen LogP contribution in [0, 0.1) is 6.92 Å². The number of benzene rings is 1. The Labute approximate surface area is 68.2 Å². The lowest BCUT2D eigenvalue weighted by Gasteiger charge is -2.06. The summed E-state index contributed by atoms with van der Waals surface area (Å²) in [6.07, 6.45) is 0.834. The Morgan fingerprint density at radius 2 is 2.27 bits per heavy atom. The maximum absolute atomic E-state index is 5.72. The number of nitrogens with two attached hydrogens (primary N) is 1. The molecule has 0 saturated heterocycles. The third-order valence-corrected chi connectivity index (χ3v) is 1.77. The van der Waals surface area contributed by atoms with Gasteiger partial charge in [-0.2, -0.15) is 0 Å². The van der Waals surface area contributed by atoms with Crippen LogP contribution in [-0.4, -0.2) is 0 Å². The minimum atomic E-state index is 0.126. The molecule has 59 valence electrons. The Morgan fingerprint density at radius 1 is 1.55 bits per heavy atom. The average molecular weight is 148 g/mol. The van der Waals surface area contributed by atoms with E-state index in [1.807, 2.05) is 19.1 Å². The molecule has 0 spiro atoms. The monoisotopic (exact) mass is 148 g/mol. The summed E-state index contributed by atoms with van der Waals surface area (Å²) in [5.41, 5.74) is 8.15. The van der Waals surface area contributed by atoms with Gasteiger partial charge in [-0.3, -0.25) is 0 Å². The molecule has 0 aliphatic heterocycles. The lowest BCUT2D eigenvalue weighted by molar-refractivity contribution is 0.816. The molecule has 11 heavy (non-hydrogen) atoms. The Morgan fingerprint density at radius 3 is 2.82 bits per heavy atom. The van der Waals surface area contributed by atoms with Crippen LogP contribution in [-0.2, 0) is 6.42 Å². The van der Waals surface area contributed by atoms with Crippen LogP contribution >= 0.6 is 0 Å². The fourth-order valence-electron chi connectivity index (χ4n) is 1.03. The highest BCUT2D eigenvalue weighted by molar-refractivity contribution is 5.25. The Kier molecular flexibility index (Phi) is 2.66. The fourth-order valence-corrected chi connectivity index (χ4v) is 1.03. The van der Waals surface area contributed by atoms with Crippen molar-refractivity contribution in [3.63, 3.8) is 0 Å². The third-order valence-electron chi connectivity index (χ3n) is 1.77. The van der Waals surface area contributed by atoms with E-state index in [0.717, 1.165) is 6.42 Å². The van der Waals surface area contributed by atoms with Crippen molar-refractivity contribution in [1.29, 1.82) is 0 Å². The number of hydrogen-bond donors (Lipinski definition) is 1. The predicted molar refractivity (Wildman–Crippen MR) is 48.1 cm³/mol. The van der Waals surface area contributed by atoms with E-state index < -0.39 is 0 Å². The largest absolute Gasteiger partial charge is 0.324 e. The molecule has 2 N–H and O–H groups in total. The highest BCUT2D eigenvalue weighted by Gasteiger charge is 1.97. The smallest absolute Gasteiger partial charge is 0.0266 e. The molecule has 1 aromatic carbocycles. The summed E-state index contributed by atoms with van der Waals surface area (Å²) in [7, 11) is 0. The van der Waals surface area contributed by atoms with Gasteiger partial charge in [-0.05, 0) is 31.4 Å². The summed E-state index contributed by atoms with van der Waals surface area (Å²) >= 11 is 0. The van der Waals surface area contributed by atoms with Crippen molar-refractivity contribution in [3.8, 4) is 0 Å². The first-order valence-electron chi connectivity index (χ1n) is 3.87. The van der Waals surface area contributed by atoms with Crippen LogP contribution < -0.4 is 5.73 Å². The first-order valence-corrected chi connectivity index (χ1v) is 3.87. The van der Waals surface area contributed by atoms with Crippen molar-refractivity contribution >= 4 is 0 Å². The molecule has 1 nitrogen and oxygen atoms in total. The summed E-state index contributed by atoms with van der Waals surface area (Å²) in [6.45, 7) is 5.80. The SMILES string of the molecule is [CH2]Cc1cccc([C@@H](C)N)c1. The molecule has 1 aromatic rings. The second kappa shape index (κ2) is 3.54. The summed E-state index contributed by atoms with van der Waals surface area (Å²) < 4.78 is 0. The van der Waals surface area contributed by atoms with Gasteiger partial charge in [-0.15, -0.1) is 0 Å². The van der Waals surface area contributed by atoms with Crippen molar-refractivity contribution in [2.45, 2.75) is 19.4 Å². The van der Waals surface area contributed by atoms with Crippen molar-refractivity contribution in [1.82, 2.24) is 0 Å². The highest BCUT2D eigenvalue weighted by atomic mass is 14.6. The summed E-state index contributed by atoms with van der Waals surface area (Å²) in [4.78, 5) is 0. The van der Waals surface area contributed by atoms with Crippen molar-refractivity contribution < 1.29 is 0 Å². The van der Waals surface area contributed by atoms with Crippen LogP contribution in [0.4, 0.5) is 0 Å². The molecule has 1 rings (SSSR count). The van der Waals surface area contributed by atoms with Crippen LogP contribution in [0.15, 0.2) is 24.3 Å². The van der Waals surface area contributed by atoms with Gasteiger partial charge < -0.3 is 5.73 Å². The van der Waals surface area contributed by atoms with E-state index in [9.17, 15) is 0 Å². The maximum Gasteiger partial charge on any atom is 0.0266 e. The zero-order chi connectivity index (χ0) is 8.27. The van der Waals surface area contributed by atoms with E-state index in [2.05, 4.69) is 19.1 Å². The zero-order valence-electron chi connectivity index (χ0n) is 6.88. The lowest BCUT2D eigenvalue weighted by atomic mass is 10.0. The van der Waals surface area contributed by atoms with Crippen LogP contribution in [0.25, 0.3) is 0 Å². The van der Waals surface area contributed by atoms with Crippen molar-refractivity contribution in [2.75, 3.05) is 0 Å². The summed E-state index contributed by atoms with van der Waals surface area (Å²) in [5.74, 6) is 0. The molecule has 0 amide bonds. The second-order valence-electron chi connectivity index (χ2n) is 2.78. The minimum Gasteiger partial charge on any atom is -0.324 e. The predicted octanol–water partition coefficient (Wildman–Crippen LogP) is 2.08. The molecule has 1 radical (unpaired) electrons. The molecule has 1 atom stereocenters. The first kappa shape index (κ1) is 8.28. The van der Waals surface area contributed by atoms with Crippen molar-refractivity contribution in [2.24, 2.45) is 5.73 Å². The van der Waals surface area contributed by atoms with Gasteiger partial charge in [-0.1, -0.05) is 24.3 Å². The van der Waals surface area contributed by atoms with E-state index in [0.29, 0.717) is 0 Å². The highest BCUT2D eigenvalue weighted by Crippen LogP contribution is 2.11. The van der Waals surface area contributed by atoms with E-state index >= 15 is 0 Å². The molecule has 0 heterocycles. The fraction of sp³-hybridized carbons (Fsp3) is 0.300. The molecule has 0 bridgehead atoms. The Bertz CT molecular complexity index is 228. The molecule has 0 unspecified atom stereocenters. The van der Waals surface area contributed by atoms with E-state index in [4.69, 9.17) is 5.73 Å². The van der Waals surface area contributed by atoms with Gasteiger partial charge in [0.1, 0.15) is 0 Å². The lowest BCUT2D eigenvalue weighted by Crippen LogP contribution is -2.04. The van der Waals surface area contributed by atoms with Crippen LogP contribution in [0.1, 0.15) is 24.1 Å². The Hall–Kier alpha value is -0.820. The van der Waals surface area contributed by atoms with Gasteiger partial charge in [0.15, 0.2) is 0 Å². The van der Waals surface area contributed by atoms with Crippen LogP contribution in [0.2, 0.25) is 0 Å². The molecule has 0 aromatic heterocycles. The average Bonchev–Trinajstić information content (AvgIpc) is 2.05. The van der Waals surface area contributed by atoms with Gasteiger partial charge in [0, 0.05) is 6.04 Å². The maximum atomic E-state index is 5.72. The van der Waals surface area contributed by atoms with Gasteiger partial charge in [0.2, 0.25) is 0 Å². The van der Waals surface area contributed by atoms with Gasteiger partial charge in [-0.25, -0.2) is 0 Å². The van der Waals surface area contributed by atoms with Crippen LogP contribution in [0.5, 0.6) is 0 Å². The number of rotatable bonds is 2. The molecule has 0 aliphatic rings. The molecule has 0 aliphatic carbocycles. The first-order chi connectivity index (χ1) is 5.24. The quantitative estimate of drug-likeness (QED) is 0.682. The minimum absolute atomic E-state index is 0.126. The normalized spacial score (nSPS) is 13.0. The molecule has 1 heteroatoms. The molecule has 0 fully saturated rings. The zero-order valence-corrected chi connectivity index (χ0v) is 6.88. The summed E-state index contributed by atoms with van der Waals surface area (Å²) in [5, 5.41) is 0. The van der Waals surface area contributed by atoms with Crippen LogP contribution in [0.3, 0.4) is 0 Å². The van der Waals surface area contributed by atoms with E-state index in [1.165, 1.54) is 11.1 Å². The van der Waals surface area contributed by atoms with E-state index in [1.54, 1.807) is 0 Å².